The van der Waals surface area contributed by atoms with Gasteiger partial charge in [-0.3, -0.25) is 0 Å². The molecule has 1 heterocycles. The lowest BCUT2D eigenvalue weighted by Gasteiger charge is -2.07. The van der Waals surface area contributed by atoms with E-state index in [4.69, 9.17) is 27.9 Å². The summed E-state index contributed by atoms with van der Waals surface area (Å²) in [6.45, 7) is 0. The van der Waals surface area contributed by atoms with Crippen LogP contribution in [0.15, 0.2) is 34.9 Å². The van der Waals surface area contributed by atoms with Crippen molar-refractivity contribution in [2.75, 3.05) is 0 Å². The maximum atomic E-state index is 5.87. The normalized spacial score (nSPS) is 10.2. The van der Waals surface area contributed by atoms with Crippen molar-refractivity contribution in [3.05, 3.63) is 45.2 Å². The average Bonchev–Trinajstić information content (AvgIpc) is 2.27. The molecule has 0 radical (unpaired) electrons. The van der Waals surface area contributed by atoms with Gasteiger partial charge in [-0.15, -0.1) is 0 Å². The van der Waals surface area contributed by atoms with Gasteiger partial charge in [-0.05, 0) is 39.7 Å². The molecule has 0 fully saturated rings. The lowest BCUT2D eigenvalue weighted by molar-refractivity contribution is 0.459. The molecule has 2 aromatic rings. The van der Waals surface area contributed by atoms with E-state index >= 15 is 0 Å². The third-order valence-electron chi connectivity index (χ3n) is 1.73. The van der Waals surface area contributed by atoms with Crippen LogP contribution in [0.5, 0.6) is 11.6 Å². The van der Waals surface area contributed by atoms with Crippen LogP contribution in [0.1, 0.15) is 0 Å². The number of para-hydroxylation sites is 1. The number of aromatic nitrogens is 2. The van der Waals surface area contributed by atoms with Gasteiger partial charge in [0.15, 0.2) is 0 Å². The molecule has 3 nitrogen and oxygen atoms in total. The van der Waals surface area contributed by atoms with Gasteiger partial charge in [0, 0.05) is 0 Å². The Balaban J connectivity index is 2.34. The highest BCUT2D eigenvalue weighted by Crippen LogP contribution is 2.31. The molecule has 0 aliphatic heterocycles. The lowest BCUT2D eigenvalue weighted by atomic mass is 10.3. The Morgan fingerprint density at radius 1 is 1.19 bits per heavy atom. The van der Waals surface area contributed by atoms with Crippen molar-refractivity contribution in [3.8, 4) is 11.6 Å². The second-order valence-corrected chi connectivity index (χ2v) is 4.42. The summed E-state index contributed by atoms with van der Waals surface area (Å²) in [5.74, 6) is 0.840. The SMILES string of the molecule is Clc1ncc(Cl)c(Oc2ccccc2Br)n1. The molecule has 0 N–H and O–H groups in total. The van der Waals surface area contributed by atoms with E-state index in [2.05, 4.69) is 25.9 Å². The molecule has 1 aromatic heterocycles. The average molecular weight is 320 g/mol. The first-order valence-electron chi connectivity index (χ1n) is 4.27. The first kappa shape index (κ1) is 11.6. The highest BCUT2D eigenvalue weighted by molar-refractivity contribution is 9.10. The fourth-order valence-electron chi connectivity index (χ4n) is 1.03. The summed E-state index contributed by atoms with van der Waals surface area (Å²) < 4.78 is 6.31. The first-order chi connectivity index (χ1) is 7.66. The Morgan fingerprint density at radius 2 is 1.94 bits per heavy atom. The second kappa shape index (κ2) is 4.99. The minimum Gasteiger partial charge on any atom is -0.436 e. The van der Waals surface area contributed by atoms with E-state index < -0.39 is 0 Å². The van der Waals surface area contributed by atoms with E-state index in [1.54, 1.807) is 6.07 Å². The smallest absolute Gasteiger partial charge is 0.242 e. The van der Waals surface area contributed by atoms with Gasteiger partial charge in [0.05, 0.1) is 10.7 Å². The van der Waals surface area contributed by atoms with Crippen molar-refractivity contribution in [3.63, 3.8) is 0 Å². The van der Waals surface area contributed by atoms with E-state index in [-0.39, 0.29) is 11.2 Å². The number of hydrogen-bond donors (Lipinski definition) is 0. The van der Waals surface area contributed by atoms with Crippen LogP contribution in [0.2, 0.25) is 10.3 Å². The summed E-state index contributed by atoms with van der Waals surface area (Å²) in [5.41, 5.74) is 0. The molecule has 0 spiro atoms. The van der Waals surface area contributed by atoms with Gasteiger partial charge in [0.1, 0.15) is 10.8 Å². The van der Waals surface area contributed by atoms with Crippen molar-refractivity contribution < 1.29 is 4.74 Å². The van der Waals surface area contributed by atoms with Crippen LogP contribution in [0, 0.1) is 0 Å². The number of benzene rings is 1. The molecule has 0 saturated heterocycles. The molecule has 6 heteroatoms. The van der Waals surface area contributed by atoms with Gasteiger partial charge in [-0.2, -0.15) is 4.98 Å². The second-order valence-electron chi connectivity index (χ2n) is 2.82. The van der Waals surface area contributed by atoms with Gasteiger partial charge in [-0.25, -0.2) is 4.98 Å². The largest absolute Gasteiger partial charge is 0.436 e. The number of nitrogens with zero attached hydrogens (tertiary/aromatic N) is 2. The topological polar surface area (TPSA) is 35.0 Å². The predicted molar refractivity (Wildman–Crippen MR) is 66.3 cm³/mol. The summed E-state index contributed by atoms with van der Waals surface area (Å²) in [4.78, 5) is 7.62. The predicted octanol–water partition coefficient (Wildman–Crippen LogP) is 4.34. The molecular weight excluding hydrogens is 315 g/mol. The maximum Gasteiger partial charge on any atom is 0.242 e. The summed E-state index contributed by atoms with van der Waals surface area (Å²) in [6, 6.07) is 7.37. The molecule has 16 heavy (non-hydrogen) atoms. The molecular formula is C10H5BrCl2N2O. The monoisotopic (exact) mass is 318 g/mol. The van der Waals surface area contributed by atoms with Gasteiger partial charge >= 0.3 is 0 Å². The first-order valence-corrected chi connectivity index (χ1v) is 5.82. The Kier molecular flexibility index (Phi) is 3.63. The molecule has 0 aliphatic rings. The Morgan fingerprint density at radius 3 is 2.69 bits per heavy atom. The van der Waals surface area contributed by atoms with Crippen LogP contribution < -0.4 is 4.74 Å². The van der Waals surface area contributed by atoms with E-state index in [9.17, 15) is 0 Å². The molecule has 0 saturated carbocycles. The fraction of sp³-hybridized carbons (Fsp3) is 0. The molecule has 2 rings (SSSR count). The van der Waals surface area contributed by atoms with Crippen LogP contribution in [-0.2, 0) is 0 Å². The lowest BCUT2D eigenvalue weighted by Crippen LogP contribution is -1.91. The van der Waals surface area contributed by atoms with Gasteiger partial charge < -0.3 is 4.74 Å². The standard InChI is InChI=1S/C10H5BrCl2N2O/c11-6-3-1-2-4-8(6)16-9-7(12)5-14-10(13)15-9/h1-5H. The van der Waals surface area contributed by atoms with Crippen LogP contribution in [-0.4, -0.2) is 9.97 Å². The quantitative estimate of drug-likeness (QED) is 0.772. The van der Waals surface area contributed by atoms with Crippen molar-refractivity contribution in [2.24, 2.45) is 0 Å². The minimum absolute atomic E-state index is 0.0893. The van der Waals surface area contributed by atoms with Crippen LogP contribution in [0.3, 0.4) is 0 Å². The Hall–Kier alpha value is -0.840. The van der Waals surface area contributed by atoms with Crippen LogP contribution in [0.4, 0.5) is 0 Å². The third-order valence-corrected chi connectivity index (χ3v) is 2.82. The van der Waals surface area contributed by atoms with Gasteiger partial charge in [0.25, 0.3) is 0 Å². The Labute approximate surface area is 111 Å². The molecule has 0 aliphatic carbocycles. The molecule has 0 amide bonds. The summed E-state index contributed by atoms with van der Waals surface area (Å²) in [5, 5.41) is 0.395. The highest BCUT2D eigenvalue weighted by Gasteiger charge is 2.08. The molecule has 1 aromatic carbocycles. The molecule has 82 valence electrons. The number of halogens is 3. The zero-order chi connectivity index (χ0) is 11.5. The van der Waals surface area contributed by atoms with Gasteiger partial charge in [-0.1, -0.05) is 23.7 Å². The van der Waals surface area contributed by atoms with Crippen LogP contribution in [0.25, 0.3) is 0 Å². The zero-order valence-corrected chi connectivity index (χ0v) is 10.9. The summed E-state index contributed by atoms with van der Waals surface area (Å²) in [7, 11) is 0. The molecule has 0 unspecified atom stereocenters. The number of ether oxygens (including phenoxy) is 1. The van der Waals surface area contributed by atoms with Crippen molar-refractivity contribution in [1.29, 1.82) is 0 Å². The van der Waals surface area contributed by atoms with Crippen LogP contribution >= 0.6 is 39.1 Å². The van der Waals surface area contributed by atoms with E-state index in [1.165, 1.54) is 6.20 Å². The molecule has 0 bridgehead atoms. The zero-order valence-electron chi connectivity index (χ0n) is 7.82. The summed E-state index contributed by atoms with van der Waals surface area (Å²) in [6.07, 6.45) is 1.39. The third kappa shape index (κ3) is 2.64. The number of hydrogen-bond acceptors (Lipinski definition) is 3. The summed E-state index contributed by atoms with van der Waals surface area (Å²) >= 11 is 14.9. The Bertz CT molecular complexity index is 522. The van der Waals surface area contributed by atoms with E-state index in [1.807, 2.05) is 18.2 Å². The van der Waals surface area contributed by atoms with E-state index in [0.717, 1.165) is 4.47 Å². The highest BCUT2D eigenvalue weighted by atomic mass is 79.9. The van der Waals surface area contributed by atoms with Crippen molar-refractivity contribution in [2.45, 2.75) is 0 Å². The number of rotatable bonds is 2. The molecule has 0 atom stereocenters. The fourth-order valence-corrected chi connectivity index (χ4v) is 1.66. The maximum absolute atomic E-state index is 5.87. The van der Waals surface area contributed by atoms with Gasteiger partial charge in [0.2, 0.25) is 11.2 Å². The minimum atomic E-state index is 0.0893. The van der Waals surface area contributed by atoms with Crippen molar-refractivity contribution >= 4 is 39.1 Å². The van der Waals surface area contributed by atoms with E-state index in [0.29, 0.717) is 10.8 Å². The van der Waals surface area contributed by atoms with Crippen molar-refractivity contribution in [1.82, 2.24) is 9.97 Å².